The summed E-state index contributed by atoms with van der Waals surface area (Å²) in [5.74, 6) is 0.576. The minimum atomic E-state index is 0.271. The molecule has 7 nitrogen and oxygen atoms in total. The Morgan fingerprint density at radius 3 is 2.33 bits per heavy atom. The lowest BCUT2D eigenvalue weighted by Crippen LogP contribution is -2.44. The van der Waals surface area contributed by atoms with Gasteiger partial charge in [0, 0.05) is 19.6 Å². The first kappa shape index (κ1) is 12.8. The fourth-order valence-electron chi connectivity index (χ4n) is 2.00. The van der Waals surface area contributed by atoms with Crippen LogP contribution in [0.5, 0.6) is 12.0 Å². The SMILES string of the molecule is COc1nc(OC)nc(N(C)C2CCCNC2)n1. The van der Waals surface area contributed by atoms with Gasteiger partial charge in [0.25, 0.3) is 0 Å². The van der Waals surface area contributed by atoms with E-state index in [2.05, 4.69) is 20.3 Å². The van der Waals surface area contributed by atoms with Gasteiger partial charge >= 0.3 is 12.0 Å². The molecule has 7 heteroatoms. The van der Waals surface area contributed by atoms with Crippen molar-refractivity contribution >= 4 is 5.95 Å². The van der Waals surface area contributed by atoms with E-state index in [1.165, 1.54) is 14.2 Å². The zero-order valence-corrected chi connectivity index (χ0v) is 11.0. The van der Waals surface area contributed by atoms with Crippen molar-refractivity contribution in [3.63, 3.8) is 0 Å². The third-order valence-electron chi connectivity index (χ3n) is 3.08. The Morgan fingerprint density at radius 1 is 1.17 bits per heavy atom. The number of hydrogen-bond acceptors (Lipinski definition) is 7. The number of rotatable bonds is 4. The van der Waals surface area contributed by atoms with Gasteiger partial charge in [-0.1, -0.05) is 0 Å². The molecule has 0 saturated carbocycles. The zero-order chi connectivity index (χ0) is 13.0. The molecule has 0 aliphatic carbocycles. The van der Waals surface area contributed by atoms with Crippen molar-refractivity contribution in [2.24, 2.45) is 0 Å². The molecular formula is C11H19N5O2. The molecule has 0 spiro atoms. The minimum absolute atomic E-state index is 0.271. The molecule has 1 atom stereocenters. The number of anilines is 1. The zero-order valence-electron chi connectivity index (χ0n) is 11.0. The monoisotopic (exact) mass is 253 g/mol. The molecule has 0 amide bonds. The van der Waals surface area contributed by atoms with Crippen LogP contribution in [-0.2, 0) is 0 Å². The highest BCUT2D eigenvalue weighted by Crippen LogP contribution is 2.19. The second-order valence-electron chi connectivity index (χ2n) is 4.22. The largest absolute Gasteiger partial charge is 0.467 e. The second kappa shape index (κ2) is 5.81. The Balaban J connectivity index is 2.19. The van der Waals surface area contributed by atoms with Crippen LogP contribution in [0.1, 0.15) is 12.8 Å². The highest BCUT2D eigenvalue weighted by Gasteiger charge is 2.21. The molecule has 1 unspecified atom stereocenters. The van der Waals surface area contributed by atoms with Crippen molar-refractivity contribution in [3.8, 4) is 12.0 Å². The predicted octanol–water partition coefficient (Wildman–Crippen LogP) is 0.0770. The van der Waals surface area contributed by atoms with E-state index in [1.54, 1.807) is 0 Å². The molecule has 0 radical (unpaired) electrons. The van der Waals surface area contributed by atoms with E-state index in [9.17, 15) is 0 Å². The molecule has 1 aromatic heterocycles. The van der Waals surface area contributed by atoms with E-state index < -0.39 is 0 Å². The number of methoxy groups -OCH3 is 2. The maximum absolute atomic E-state index is 5.05. The quantitative estimate of drug-likeness (QED) is 0.814. The van der Waals surface area contributed by atoms with Crippen LogP contribution in [0, 0.1) is 0 Å². The van der Waals surface area contributed by atoms with Crippen LogP contribution in [0.4, 0.5) is 5.95 Å². The molecule has 1 N–H and O–H groups in total. The lowest BCUT2D eigenvalue weighted by atomic mass is 10.1. The number of nitrogens with one attached hydrogen (secondary N) is 1. The fraction of sp³-hybridized carbons (Fsp3) is 0.727. The third kappa shape index (κ3) is 2.79. The van der Waals surface area contributed by atoms with Crippen LogP contribution in [0.2, 0.25) is 0 Å². The first-order chi connectivity index (χ1) is 8.74. The lowest BCUT2D eigenvalue weighted by Gasteiger charge is -2.31. The topological polar surface area (TPSA) is 72.4 Å². The molecular weight excluding hydrogens is 234 g/mol. The maximum Gasteiger partial charge on any atom is 0.324 e. The Hall–Kier alpha value is -1.63. The Labute approximate surface area is 107 Å². The van der Waals surface area contributed by atoms with E-state index >= 15 is 0 Å². The number of nitrogens with zero attached hydrogens (tertiary/aromatic N) is 4. The fourth-order valence-corrected chi connectivity index (χ4v) is 2.00. The van der Waals surface area contributed by atoms with Crippen LogP contribution in [-0.4, -0.2) is 55.4 Å². The predicted molar refractivity (Wildman–Crippen MR) is 67.2 cm³/mol. The van der Waals surface area contributed by atoms with Gasteiger partial charge in [0.1, 0.15) is 0 Å². The summed E-state index contributed by atoms with van der Waals surface area (Å²) in [4.78, 5) is 14.5. The Bertz CT molecular complexity index is 373. The number of likely N-dealkylation sites (N-methyl/N-ethyl adjacent to an activating group) is 1. The molecule has 100 valence electrons. The van der Waals surface area contributed by atoms with Crippen LogP contribution in [0.15, 0.2) is 0 Å². The van der Waals surface area contributed by atoms with Gasteiger partial charge in [0.05, 0.1) is 14.2 Å². The second-order valence-corrected chi connectivity index (χ2v) is 4.22. The Morgan fingerprint density at radius 2 is 1.83 bits per heavy atom. The van der Waals surface area contributed by atoms with Gasteiger partial charge in [-0.25, -0.2) is 0 Å². The molecule has 1 aromatic rings. The molecule has 18 heavy (non-hydrogen) atoms. The lowest BCUT2D eigenvalue weighted by molar-refractivity contribution is 0.338. The first-order valence-corrected chi connectivity index (χ1v) is 6.02. The summed E-state index contributed by atoms with van der Waals surface area (Å²) >= 11 is 0. The van der Waals surface area contributed by atoms with Crippen molar-refractivity contribution in [2.75, 3.05) is 39.3 Å². The number of aromatic nitrogens is 3. The van der Waals surface area contributed by atoms with Crippen LogP contribution in [0.3, 0.4) is 0 Å². The number of hydrogen-bond donors (Lipinski definition) is 1. The van der Waals surface area contributed by atoms with E-state index in [0.717, 1.165) is 25.9 Å². The van der Waals surface area contributed by atoms with Gasteiger partial charge in [-0.15, -0.1) is 4.98 Å². The third-order valence-corrected chi connectivity index (χ3v) is 3.08. The van der Waals surface area contributed by atoms with E-state index in [-0.39, 0.29) is 12.0 Å². The average molecular weight is 253 g/mol. The Kier molecular flexibility index (Phi) is 4.14. The summed E-state index contributed by atoms with van der Waals surface area (Å²) < 4.78 is 10.1. The summed E-state index contributed by atoms with van der Waals surface area (Å²) in [5, 5.41) is 3.37. The average Bonchev–Trinajstić information content (AvgIpc) is 2.46. The van der Waals surface area contributed by atoms with E-state index in [4.69, 9.17) is 9.47 Å². The summed E-state index contributed by atoms with van der Waals surface area (Å²) in [6, 6.07) is 0.926. The highest BCUT2D eigenvalue weighted by atomic mass is 16.5. The maximum atomic E-state index is 5.05. The van der Waals surface area contributed by atoms with Crippen LogP contribution < -0.4 is 19.7 Å². The van der Waals surface area contributed by atoms with E-state index in [1.807, 2.05) is 11.9 Å². The number of ether oxygens (including phenoxy) is 2. The molecule has 1 saturated heterocycles. The van der Waals surface area contributed by atoms with Gasteiger partial charge in [0.2, 0.25) is 5.95 Å². The van der Waals surface area contributed by atoms with Gasteiger partial charge in [0.15, 0.2) is 0 Å². The van der Waals surface area contributed by atoms with Crippen LogP contribution >= 0.6 is 0 Å². The standard InChI is InChI=1S/C11H19N5O2/c1-16(8-5-4-6-12-7-8)9-13-10(17-2)15-11(14-9)18-3/h8,12H,4-7H2,1-3H3. The summed E-state index contributed by atoms with van der Waals surface area (Å²) in [6.45, 7) is 2.01. The van der Waals surface area contributed by atoms with E-state index in [0.29, 0.717) is 12.0 Å². The summed E-state index contributed by atoms with van der Waals surface area (Å²) in [5.41, 5.74) is 0. The molecule has 1 fully saturated rings. The first-order valence-electron chi connectivity index (χ1n) is 6.02. The molecule has 2 rings (SSSR count). The smallest absolute Gasteiger partial charge is 0.324 e. The normalized spacial score (nSPS) is 19.4. The van der Waals surface area contributed by atoms with Gasteiger partial charge < -0.3 is 19.7 Å². The van der Waals surface area contributed by atoms with Gasteiger partial charge in [-0.3, -0.25) is 0 Å². The van der Waals surface area contributed by atoms with Gasteiger partial charge in [-0.05, 0) is 19.4 Å². The molecule has 0 bridgehead atoms. The molecule has 1 aliphatic heterocycles. The minimum Gasteiger partial charge on any atom is -0.467 e. The molecule has 1 aliphatic rings. The van der Waals surface area contributed by atoms with Crippen molar-refractivity contribution < 1.29 is 9.47 Å². The van der Waals surface area contributed by atoms with Crippen molar-refractivity contribution in [3.05, 3.63) is 0 Å². The summed E-state index contributed by atoms with van der Waals surface area (Å²) in [7, 11) is 5.04. The van der Waals surface area contributed by atoms with Gasteiger partial charge in [-0.2, -0.15) is 9.97 Å². The highest BCUT2D eigenvalue weighted by molar-refractivity contribution is 5.33. The van der Waals surface area contributed by atoms with Crippen molar-refractivity contribution in [1.29, 1.82) is 0 Å². The van der Waals surface area contributed by atoms with Crippen molar-refractivity contribution in [1.82, 2.24) is 20.3 Å². The van der Waals surface area contributed by atoms with Crippen LogP contribution in [0.25, 0.3) is 0 Å². The number of piperidine rings is 1. The summed E-state index contributed by atoms with van der Waals surface area (Å²) in [6.07, 6.45) is 2.29. The molecule has 2 heterocycles. The molecule has 0 aromatic carbocycles. The van der Waals surface area contributed by atoms with Crippen molar-refractivity contribution in [2.45, 2.75) is 18.9 Å².